The summed E-state index contributed by atoms with van der Waals surface area (Å²) in [6.07, 6.45) is 0. The van der Waals surface area contributed by atoms with Crippen LogP contribution in [0.2, 0.25) is 5.02 Å². The Morgan fingerprint density at radius 3 is 2.81 bits per heavy atom. The lowest BCUT2D eigenvalue weighted by Gasteiger charge is -2.12. The van der Waals surface area contributed by atoms with Gasteiger partial charge in [-0.25, -0.2) is 4.79 Å². The normalized spacial score (nSPS) is 10.2. The first-order valence-electron chi connectivity index (χ1n) is 6.61. The van der Waals surface area contributed by atoms with Gasteiger partial charge in [0.25, 0.3) is 0 Å². The molecule has 0 aromatic heterocycles. The third-order valence-corrected chi connectivity index (χ3v) is 3.50. The standard InChI is InChI=1S/C16H17ClN2O2/c1-3-21-16(20)12-9-11(7-8-14(12)18)19-15-6-4-5-13(17)10(15)2/h4-9,19H,3,18H2,1-2H3. The topological polar surface area (TPSA) is 64.3 Å². The molecule has 0 amide bonds. The number of benzene rings is 2. The van der Waals surface area contributed by atoms with E-state index in [4.69, 9.17) is 22.1 Å². The number of nitrogens with two attached hydrogens (primary N) is 1. The van der Waals surface area contributed by atoms with E-state index in [2.05, 4.69) is 5.32 Å². The van der Waals surface area contributed by atoms with Gasteiger partial charge < -0.3 is 15.8 Å². The lowest BCUT2D eigenvalue weighted by atomic mass is 10.1. The molecule has 0 aliphatic heterocycles. The Kier molecular flexibility index (Phi) is 4.70. The van der Waals surface area contributed by atoms with E-state index < -0.39 is 5.97 Å². The summed E-state index contributed by atoms with van der Waals surface area (Å²) < 4.78 is 4.99. The minimum Gasteiger partial charge on any atom is -0.462 e. The maximum absolute atomic E-state index is 11.8. The van der Waals surface area contributed by atoms with E-state index in [-0.39, 0.29) is 0 Å². The van der Waals surface area contributed by atoms with Crippen LogP contribution in [0, 0.1) is 6.92 Å². The zero-order valence-electron chi connectivity index (χ0n) is 11.9. The summed E-state index contributed by atoms with van der Waals surface area (Å²) in [6.45, 7) is 3.99. The molecule has 0 bridgehead atoms. The Labute approximate surface area is 128 Å². The fourth-order valence-corrected chi connectivity index (χ4v) is 2.09. The highest BCUT2D eigenvalue weighted by Crippen LogP contribution is 2.27. The monoisotopic (exact) mass is 304 g/mol. The van der Waals surface area contributed by atoms with E-state index in [0.717, 1.165) is 16.9 Å². The van der Waals surface area contributed by atoms with Gasteiger partial charge in [-0.1, -0.05) is 17.7 Å². The highest BCUT2D eigenvalue weighted by Gasteiger charge is 2.12. The number of anilines is 3. The molecule has 110 valence electrons. The summed E-state index contributed by atoms with van der Waals surface area (Å²) >= 11 is 6.09. The Morgan fingerprint density at radius 1 is 1.33 bits per heavy atom. The largest absolute Gasteiger partial charge is 0.462 e. The van der Waals surface area contributed by atoms with Crippen molar-refractivity contribution in [3.8, 4) is 0 Å². The van der Waals surface area contributed by atoms with Gasteiger partial charge in [-0.2, -0.15) is 0 Å². The molecule has 2 aromatic carbocycles. The average Bonchev–Trinajstić information content (AvgIpc) is 2.46. The first-order chi connectivity index (χ1) is 10.0. The Balaban J connectivity index is 2.31. The summed E-state index contributed by atoms with van der Waals surface area (Å²) in [5.41, 5.74) is 9.12. The lowest BCUT2D eigenvalue weighted by Crippen LogP contribution is -2.08. The number of esters is 1. The predicted octanol–water partition coefficient (Wildman–Crippen LogP) is 4.15. The number of rotatable bonds is 4. The smallest absolute Gasteiger partial charge is 0.340 e. The molecule has 0 radical (unpaired) electrons. The molecule has 0 saturated heterocycles. The number of carbonyl (C=O) groups is 1. The first-order valence-corrected chi connectivity index (χ1v) is 6.99. The number of carbonyl (C=O) groups excluding carboxylic acids is 1. The molecule has 21 heavy (non-hydrogen) atoms. The molecule has 0 aliphatic carbocycles. The predicted molar refractivity (Wildman–Crippen MR) is 86.3 cm³/mol. The third-order valence-electron chi connectivity index (χ3n) is 3.10. The summed E-state index contributed by atoms with van der Waals surface area (Å²) in [5.74, 6) is -0.429. The molecular formula is C16H17ClN2O2. The van der Waals surface area contributed by atoms with E-state index in [1.165, 1.54) is 0 Å². The van der Waals surface area contributed by atoms with Crippen molar-refractivity contribution in [2.75, 3.05) is 17.7 Å². The second-order valence-electron chi connectivity index (χ2n) is 4.56. The molecule has 0 unspecified atom stereocenters. The average molecular weight is 305 g/mol. The van der Waals surface area contributed by atoms with Crippen molar-refractivity contribution >= 4 is 34.6 Å². The number of nitrogens with one attached hydrogen (secondary N) is 1. The van der Waals surface area contributed by atoms with E-state index in [0.29, 0.717) is 22.9 Å². The minimum absolute atomic E-state index is 0.309. The molecule has 3 N–H and O–H groups in total. The molecule has 0 aliphatic rings. The van der Waals surface area contributed by atoms with Crippen LogP contribution in [0.3, 0.4) is 0 Å². The highest BCUT2D eigenvalue weighted by molar-refractivity contribution is 6.31. The van der Waals surface area contributed by atoms with Crippen LogP contribution in [0.15, 0.2) is 36.4 Å². The Morgan fingerprint density at radius 2 is 2.10 bits per heavy atom. The molecule has 0 atom stereocenters. The van der Waals surface area contributed by atoms with E-state index >= 15 is 0 Å². The molecular weight excluding hydrogens is 288 g/mol. The molecule has 0 heterocycles. The molecule has 2 rings (SSSR count). The van der Waals surface area contributed by atoms with Crippen LogP contribution in [0.4, 0.5) is 17.1 Å². The van der Waals surface area contributed by atoms with Crippen LogP contribution in [-0.2, 0) is 4.74 Å². The van der Waals surface area contributed by atoms with Gasteiger partial charge in [0.15, 0.2) is 0 Å². The summed E-state index contributed by atoms with van der Waals surface area (Å²) in [6, 6.07) is 10.8. The van der Waals surface area contributed by atoms with Gasteiger partial charge >= 0.3 is 5.97 Å². The van der Waals surface area contributed by atoms with E-state index in [1.807, 2.05) is 25.1 Å². The molecule has 0 spiro atoms. The van der Waals surface area contributed by atoms with Crippen molar-refractivity contribution in [3.05, 3.63) is 52.5 Å². The van der Waals surface area contributed by atoms with E-state index in [1.54, 1.807) is 25.1 Å². The van der Waals surface area contributed by atoms with Crippen LogP contribution < -0.4 is 11.1 Å². The molecule has 2 aromatic rings. The molecule has 5 heteroatoms. The van der Waals surface area contributed by atoms with E-state index in [9.17, 15) is 4.79 Å². The second kappa shape index (κ2) is 6.50. The van der Waals surface area contributed by atoms with Crippen LogP contribution in [-0.4, -0.2) is 12.6 Å². The minimum atomic E-state index is -0.429. The summed E-state index contributed by atoms with van der Waals surface area (Å²) in [4.78, 5) is 11.8. The first kappa shape index (κ1) is 15.2. The van der Waals surface area contributed by atoms with Crippen LogP contribution >= 0.6 is 11.6 Å². The van der Waals surface area contributed by atoms with Gasteiger partial charge in [-0.15, -0.1) is 0 Å². The van der Waals surface area contributed by atoms with Crippen LogP contribution in [0.5, 0.6) is 0 Å². The van der Waals surface area contributed by atoms with Gasteiger partial charge in [0.1, 0.15) is 0 Å². The summed E-state index contributed by atoms with van der Waals surface area (Å²) in [5, 5.41) is 3.91. The number of hydrogen-bond donors (Lipinski definition) is 2. The van der Waals surface area contributed by atoms with Gasteiger partial charge in [-0.3, -0.25) is 0 Å². The number of hydrogen-bond acceptors (Lipinski definition) is 4. The van der Waals surface area contributed by atoms with Gasteiger partial charge in [0.05, 0.1) is 12.2 Å². The van der Waals surface area contributed by atoms with Crippen LogP contribution in [0.25, 0.3) is 0 Å². The Hall–Kier alpha value is -2.20. The molecule has 0 fully saturated rings. The summed E-state index contributed by atoms with van der Waals surface area (Å²) in [7, 11) is 0. The Bertz CT molecular complexity index is 671. The maximum Gasteiger partial charge on any atom is 0.340 e. The SMILES string of the molecule is CCOC(=O)c1cc(Nc2cccc(Cl)c2C)ccc1N. The zero-order valence-corrected chi connectivity index (χ0v) is 12.7. The van der Waals surface area contributed by atoms with Crippen molar-refractivity contribution in [3.63, 3.8) is 0 Å². The molecule has 0 saturated carbocycles. The maximum atomic E-state index is 11.8. The van der Waals surface area contributed by atoms with Crippen molar-refractivity contribution in [1.82, 2.24) is 0 Å². The van der Waals surface area contributed by atoms with Crippen molar-refractivity contribution in [2.45, 2.75) is 13.8 Å². The number of halogens is 1. The van der Waals surface area contributed by atoms with Gasteiger partial charge in [-0.05, 0) is 49.7 Å². The quantitative estimate of drug-likeness (QED) is 0.658. The molecule has 4 nitrogen and oxygen atoms in total. The van der Waals surface area contributed by atoms with Crippen molar-refractivity contribution in [1.29, 1.82) is 0 Å². The lowest BCUT2D eigenvalue weighted by molar-refractivity contribution is 0.0527. The van der Waals surface area contributed by atoms with Crippen molar-refractivity contribution in [2.24, 2.45) is 0 Å². The fourth-order valence-electron chi connectivity index (χ4n) is 1.92. The van der Waals surface area contributed by atoms with Gasteiger partial charge in [0, 0.05) is 22.1 Å². The van der Waals surface area contributed by atoms with Crippen LogP contribution in [0.1, 0.15) is 22.8 Å². The number of ether oxygens (including phenoxy) is 1. The van der Waals surface area contributed by atoms with Gasteiger partial charge in [0.2, 0.25) is 0 Å². The second-order valence-corrected chi connectivity index (χ2v) is 4.97. The zero-order chi connectivity index (χ0) is 15.4. The van der Waals surface area contributed by atoms with Crippen molar-refractivity contribution < 1.29 is 9.53 Å². The third kappa shape index (κ3) is 3.47. The highest BCUT2D eigenvalue weighted by atomic mass is 35.5. The number of nitrogen functional groups attached to an aromatic ring is 1. The fraction of sp³-hybridized carbons (Fsp3) is 0.188.